The molecule has 0 spiro atoms. The van der Waals surface area contributed by atoms with Crippen LogP contribution < -0.4 is 0 Å². The molecule has 1 aliphatic heterocycles. The van der Waals surface area contributed by atoms with Gasteiger partial charge in [-0.3, -0.25) is 0 Å². The van der Waals surface area contributed by atoms with Gasteiger partial charge in [-0.25, -0.2) is 4.99 Å². The van der Waals surface area contributed by atoms with E-state index < -0.39 is 18.1 Å². The zero-order valence-corrected chi connectivity index (χ0v) is 10.9. The highest BCUT2D eigenvalue weighted by Gasteiger charge is 2.52. The highest BCUT2D eigenvalue weighted by Crippen LogP contribution is 2.41. The van der Waals surface area contributed by atoms with Crippen molar-refractivity contribution >= 4 is 21.6 Å². The summed E-state index contributed by atoms with van der Waals surface area (Å²) in [6, 6.07) is 8.48. The predicted molar refractivity (Wildman–Crippen MR) is 66.1 cm³/mol. The van der Waals surface area contributed by atoms with Gasteiger partial charge in [0.15, 0.2) is 5.72 Å². The van der Waals surface area contributed by atoms with Gasteiger partial charge < -0.3 is 4.74 Å². The molecule has 92 valence electrons. The molecule has 1 heterocycles. The molecule has 1 aliphatic rings. The molecule has 1 aromatic carbocycles. The smallest absolute Gasteiger partial charge is 0.294 e. The highest BCUT2D eigenvalue weighted by molar-refractivity contribution is 9.09. The highest BCUT2D eigenvalue weighted by atomic mass is 79.9. The van der Waals surface area contributed by atoms with Gasteiger partial charge in [-0.1, -0.05) is 46.3 Å². The van der Waals surface area contributed by atoms with E-state index in [1.807, 2.05) is 0 Å². The zero-order valence-electron chi connectivity index (χ0n) is 9.29. The average molecular weight is 304 g/mol. The van der Waals surface area contributed by atoms with Gasteiger partial charge in [0.1, 0.15) is 5.71 Å². The van der Waals surface area contributed by atoms with Crippen LogP contribution in [0.3, 0.4) is 0 Å². The minimum atomic E-state index is -2.95. The van der Waals surface area contributed by atoms with Gasteiger partial charge in [0.05, 0.1) is 11.8 Å². The molecular weight excluding hydrogens is 292 g/mol. The van der Waals surface area contributed by atoms with Gasteiger partial charge in [-0.05, 0) is 0 Å². The summed E-state index contributed by atoms with van der Waals surface area (Å²) in [5, 5.41) is 0.252. The van der Waals surface area contributed by atoms with Crippen molar-refractivity contribution in [3.05, 3.63) is 35.9 Å². The summed E-state index contributed by atoms with van der Waals surface area (Å²) in [5.41, 5.74) is -0.911. The van der Waals surface area contributed by atoms with Crippen LogP contribution >= 0.6 is 15.9 Å². The maximum atomic E-state index is 13.9. The summed E-state index contributed by atoms with van der Waals surface area (Å²) in [7, 11) is 1.40. The van der Waals surface area contributed by atoms with Crippen LogP contribution in [0, 0.1) is 0 Å². The topological polar surface area (TPSA) is 21.6 Å². The number of alkyl halides is 3. The molecule has 1 atom stereocenters. The van der Waals surface area contributed by atoms with Crippen molar-refractivity contribution in [3.8, 4) is 0 Å². The summed E-state index contributed by atoms with van der Waals surface area (Å²) in [6.45, 7) is 0. The Bertz CT molecular complexity index is 429. The maximum Gasteiger partial charge on any atom is 0.294 e. The largest absolute Gasteiger partial charge is 0.356 e. The Kier molecular flexibility index (Phi) is 3.32. The number of aliphatic imine (C=N–C) groups is 1. The molecule has 0 saturated carbocycles. The van der Waals surface area contributed by atoms with E-state index in [9.17, 15) is 8.78 Å². The molecule has 0 fully saturated rings. The third-order valence-electron chi connectivity index (χ3n) is 2.80. The summed E-state index contributed by atoms with van der Waals surface area (Å²) in [6.07, 6.45) is -0.425. The lowest BCUT2D eigenvalue weighted by Gasteiger charge is -2.21. The summed E-state index contributed by atoms with van der Waals surface area (Å²) in [5.74, 6) is -2.95. The van der Waals surface area contributed by atoms with E-state index in [4.69, 9.17) is 4.74 Å². The Morgan fingerprint density at radius 2 is 2.00 bits per heavy atom. The van der Waals surface area contributed by atoms with Crippen LogP contribution in [-0.2, 0) is 4.74 Å². The molecule has 17 heavy (non-hydrogen) atoms. The molecule has 0 aromatic heterocycles. The van der Waals surface area contributed by atoms with Crippen LogP contribution in [0.25, 0.3) is 0 Å². The minimum absolute atomic E-state index is 0.195. The fourth-order valence-corrected chi connectivity index (χ4v) is 2.43. The molecule has 0 bridgehead atoms. The Hall–Kier alpha value is -0.810. The number of benzene rings is 1. The molecule has 1 aromatic rings. The van der Waals surface area contributed by atoms with Crippen LogP contribution in [0.2, 0.25) is 0 Å². The lowest BCUT2D eigenvalue weighted by Crippen LogP contribution is -2.33. The monoisotopic (exact) mass is 303 g/mol. The van der Waals surface area contributed by atoms with E-state index in [0.29, 0.717) is 5.56 Å². The summed E-state index contributed by atoms with van der Waals surface area (Å²) < 4.78 is 33.0. The van der Waals surface area contributed by atoms with Crippen LogP contribution in [-0.4, -0.2) is 29.8 Å². The van der Waals surface area contributed by atoms with Gasteiger partial charge in [0.2, 0.25) is 0 Å². The Labute approximate surface area is 107 Å². The number of rotatable bonds is 3. The number of ether oxygens (including phenoxy) is 1. The fourth-order valence-electron chi connectivity index (χ4n) is 1.88. The van der Waals surface area contributed by atoms with Gasteiger partial charge in [0, 0.05) is 12.7 Å². The van der Waals surface area contributed by atoms with Crippen molar-refractivity contribution in [3.63, 3.8) is 0 Å². The first-order valence-corrected chi connectivity index (χ1v) is 6.30. The van der Waals surface area contributed by atoms with Crippen LogP contribution in [0.4, 0.5) is 8.78 Å². The van der Waals surface area contributed by atoms with Crippen LogP contribution in [0.5, 0.6) is 0 Å². The predicted octanol–water partition coefficient (Wildman–Crippen LogP) is 3.25. The average Bonchev–Trinajstić information content (AvgIpc) is 2.63. The third kappa shape index (κ3) is 2.26. The standard InChI is InChI=1S/C12H12BrF2NO/c1-17-11(8-13)7-12(14,15)10(16-11)9-5-3-2-4-6-9/h2-6H,7-8H2,1H3. The molecule has 0 radical (unpaired) electrons. The van der Waals surface area contributed by atoms with Crippen molar-refractivity contribution in [2.75, 3.05) is 12.4 Å². The van der Waals surface area contributed by atoms with E-state index in [0.717, 1.165) is 0 Å². The lowest BCUT2D eigenvalue weighted by atomic mass is 10.0. The van der Waals surface area contributed by atoms with E-state index in [1.165, 1.54) is 7.11 Å². The van der Waals surface area contributed by atoms with E-state index in [1.54, 1.807) is 30.3 Å². The van der Waals surface area contributed by atoms with E-state index >= 15 is 0 Å². The Balaban J connectivity index is 2.45. The molecule has 0 saturated heterocycles. The Morgan fingerprint density at radius 3 is 2.47 bits per heavy atom. The van der Waals surface area contributed by atoms with Gasteiger partial charge in [0.25, 0.3) is 5.92 Å². The molecule has 2 rings (SSSR count). The van der Waals surface area contributed by atoms with Crippen molar-refractivity contribution in [1.29, 1.82) is 0 Å². The lowest BCUT2D eigenvalue weighted by molar-refractivity contribution is -0.0355. The molecular formula is C12H12BrF2NO. The molecule has 1 unspecified atom stereocenters. The van der Waals surface area contributed by atoms with Crippen molar-refractivity contribution < 1.29 is 13.5 Å². The van der Waals surface area contributed by atoms with Crippen molar-refractivity contribution in [2.45, 2.75) is 18.1 Å². The number of methoxy groups -OCH3 is 1. The molecule has 0 aliphatic carbocycles. The van der Waals surface area contributed by atoms with Gasteiger partial charge in [-0.2, -0.15) is 8.78 Å². The second-order valence-electron chi connectivity index (χ2n) is 3.99. The third-order valence-corrected chi connectivity index (χ3v) is 3.67. The van der Waals surface area contributed by atoms with E-state index in [-0.39, 0.29) is 11.0 Å². The quantitative estimate of drug-likeness (QED) is 0.786. The summed E-state index contributed by atoms with van der Waals surface area (Å²) in [4.78, 5) is 4.08. The number of nitrogens with zero attached hydrogens (tertiary/aromatic N) is 1. The first-order valence-electron chi connectivity index (χ1n) is 5.18. The van der Waals surface area contributed by atoms with Crippen molar-refractivity contribution in [1.82, 2.24) is 0 Å². The van der Waals surface area contributed by atoms with Crippen LogP contribution in [0.15, 0.2) is 35.3 Å². The molecule has 2 nitrogen and oxygen atoms in total. The van der Waals surface area contributed by atoms with E-state index in [2.05, 4.69) is 20.9 Å². The maximum absolute atomic E-state index is 13.9. The first kappa shape index (κ1) is 12.6. The molecule has 0 amide bonds. The second-order valence-corrected chi connectivity index (χ2v) is 4.55. The zero-order chi connectivity index (χ0) is 12.5. The molecule has 5 heteroatoms. The number of halogens is 3. The van der Waals surface area contributed by atoms with Gasteiger partial charge >= 0.3 is 0 Å². The SMILES string of the molecule is COC1(CBr)CC(F)(F)C(c2ccccc2)=N1. The normalized spacial score (nSPS) is 26.9. The van der Waals surface area contributed by atoms with Crippen LogP contribution in [0.1, 0.15) is 12.0 Å². The first-order chi connectivity index (χ1) is 8.03. The fraction of sp³-hybridized carbons (Fsp3) is 0.417. The number of hydrogen-bond acceptors (Lipinski definition) is 2. The second kappa shape index (κ2) is 4.46. The molecule has 0 N–H and O–H groups in total. The van der Waals surface area contributed by atoms with Gasteiger partial charge in [-0.15, -0.1) is 0 Å². The minimum Gasteiger partial charge on any atom is -0.356 e. The van der Waals surface area contributed by atoms with Crippen molar-refractivity contribution in [2.24, 2.45) is 4.99 Å². The summed E-state index contributed by atoms with van der Waals surface area (Å²) >= 11 is 3.18. The Morgan fingerprint density at radius 1 is 1.35 bits per heavy atom. The number of hydrogen-bond donors (Lipinski definition) is 0.